The van der Waals surface area contributed by atoms with Crippen molar-refractivity contribution >= 4 is 33.5 Å². The Kier molecular flexibility index (Phi) is 6.02. The molecule has 2 rings (SSSR count). The van der Waals surface area contributed by atoms with Crippen LogP contribution in [-0.4, -0.2) is 38.3 Å². The highest BCUT2D eigenvalue weighted by atomic mass is 32.2. The Morgan fingerprint density at radius 3 is 2.42 bits per heavy atom. The lowest BCUT2D eigenvalue weighted by Gasteiger charge is -2.21. The average molecular weight is 376 g/mol. The highest BCUT2D eigenvalue weighted by molar-refractivity contribution is 7.92. The molecule has 0 saturated carbocycles. The minimum atomic E-state index is -3.68. The van der Waals surface area contributed by atoms with E-state index in [0.29, 0.717) is 5.69 Å². The molecule has 1 amide bonds. The van der Waals surface area contributed by atoms with Crippen molar-refractivity contribution in [3.8, 4) is 0 Å². The third-order valence-corrected chi connectivity index (χ3v) is 4.40. The molecule has 2 aromatic rings. The van der Waals surface area contributed by atoms with Crippen LogP contribution in [0.1, 0.15) is 5.56 Å². The van der Waals surface area contributed by atoms with Crippen LogP contribution in [0.25, 0.3) is 0 Å². The van der Waals surface area contributed by atoms with E-state index in [1.165, 1.54) is 18.2 Å². The molecular weight excluding hydrogens is 360 g/mol. The Hall–Kier alpha value is -3.27. The Morgan fingerprint density at radius 1 is 1.19 bits per heavy atom. The van der Waals surface area contributed by atoms with Gasteiger partial charge >= 0.3 is 0 Å². The minimum Gasteiger partial charge on any atom is -0.271 e. The van der Waals surface area contributed by atoms with E-state index in [1.807, 2.05) is 0 Å². The fourth-order valence-electron chi connectivity index (χ4n) is 2.10. The van der Waals surface area contributed by atoms with Crippen LogP contribution in [-0.2, 0) is 14.8 Å². The van der Waals surface area contributed by atoms with Crippen molar-refractivity contribution in [2.45, 2.75) is 0 Å². The predicted octanol–water partition coefficient (Wildman–Crippen LogP) is 1.51. The number of hydrogen-bond donors (Lipinski definition) is 1. The number of hydrazone groups is 1. The number of anilines is 1. The number of nitro groups is 1. The quantitative estimate of drug-likeness (QED) is 0.446. The van der Waals surface area contributed by atoms with E-state index < -0.39 is 27.4 Å². The van der Waals surface area contributed by atoms with Crippen molar-refractivity contribution in [2.75, 3.05) is 17.1 Å². The van der Waals surface area contributed by atoms with Gasteiger partial charge in [0.1, 0.15) is 6.54 Å². The molecule has 26 heavy (non-hydrogen) atoms. The SMILES string of the molecule is CS(=O)(=O)N(CC(=O)NN=Cc1ccccc1[N+](=O)[O-])c1ccccc1. The average Bonchev–Trinajstić information content (AvgIpc) is 2.60. The number of nitro benzene ring substituents is 1. The first kappa shape index (κ1) is 19.1. The van der Waals surface area contributed by atoms with E-state index in [0.717, 1.165) is 16.8 Å². The molecule has 0 aliphatic heterocycles. The maximum Gasteiger partial charge on any atom is 0.278 e. The van der Waals surface area contributed by atoms with E-state index >= 15 is 0 Å². The largest absolute Gasteiger partial charge is 0.278 e. The second-order valence-electron chi connectivity index (χ2n) is 5.21. The van der Waals surface area contributed by atoms with E-state index in [-0.39, 0.29) is 11.3 Å². The molecule has 0 radical (unpaired) electrons. The van der Waals surface area contributed by atoms with Crippen molar-refractivity contribution in [1.29, 1.82) is 0 Å². The van der Waals surface area contributed by atoms with Crippen LogP contribution in [0.4, 0.5) is 11.4 Å². The molecule has 0 atom stereocenters. The number of benzene rings is 2. The summed E-state index contributed by atoms with van der Waals surface area (Å²) in [6.45, 7) is -0.475. The Morgan fingerprint density at radius 2 is 1.81 bits per heavy atom. The number of rotatable bonds is 7. The smallest absolute Gasteiger partial charge is 0.271 e. The van der Waals surface area contributed by atoms with Crippen molar-refractivity contribution in [3.63, 3.8) is 0 Å². The molecule has 136 valence electrons. The number of sulfonamides is 1. The summed E-state index contributed by atoms with van der Waals surface area (Å²) in [6, 6.07) is 14.0. The van der Waals surface area contributed by atoms with Gasteiger partial charge in [-0.15, -0.1) is 0 Å². The van der Waals surface area contributed by atoms with Gasteiger partial charge in [0.05, 0.1) is 28.6 Å². The van der Waals surface area contributed by atoms with Gasteiger partial charge in [0.15, 0.2) is 0 Å². The number of hydrogen-bond acceptors (Lipinski definition) is 6. The zero-order valence-electron chi connectivity index (χ0n) is 13.8. The van der Waals surface area contributed by atoms with Crippen molar-refractivity contribution in [2.24, 2.45) is 5.10 Å². The summed E-state index contributed by atoms with van der Waals surface area (Å²) in [7, 11) is -3.68. The van der Waals surface area contributed by atoms with Gasteiger partial charge in [0.2, 0.25) is 10.0 Å². The summed E-state index contributed by atoms with van der Waals surface area (Å²) in [6.07, 6.45) is 2.12. The fraction of sp³-hybridized carbons (Fsp3) is 0.125. The second-order valence-corrected chi connectivity index (χ2v) is 7.12. The normalized spacial score (nSPS) is 11.3. The molecule has 1 N–H and O–H groups in total. The summed E-state index contributed by atoms with van der Waals surface area (Å²) < 4.78 is 24.8. The van der Waals surface area contributed by atoms with Gasteiger partial charge in [-0.3, -0.25) is 19.2 Å². The lowest BCUT2D eigenvalue weighted by atomic mass is 10.2. The first-order valence-corrected chi connectivity index (χ1v) is 9.22. The molecule has 0 aliphatic rings. The lowest BCUT2D eigenvalue weighted by Crippen LogP contribution is -2.38. The number of amides is 1. The molecule has 0 spiro atoms. The van der Waals surface area contributed by atoms with Crippen LogP contribution >= 0.6 is 0 Å². The van der Waals surface area contributed by atoms with Crippen LogP contribution in [0.2, 0.25) is 0 Å². The van der Waals surface area contributed by atoms with Crippen molar-refractivity contribution in [3.05, 3.63) is 70.3 Å². The summed E-state index contributed by atoms with van der Waals surface area (Å²) in [4.78, 5) is 22.4. The zero-order chi connectivity index (χ0) is 19.2. The topological polar surface area (TPSA) is 122 Å². The molecule has 0 saturated heterocycles. The molecule has 0 aliphatic carbocycles. The highest BCUT2D eigenvalue weighted by Crippen LogP contribution is 2.16. The first-order chi connectivity index (χ1) is 12.3. The van der Waals surface area contributed by atoms with Crippen LogP contribution in [0.3, 0.4) is 0 Å². The van der Waals surface area contributed by atoms with E-state index in [1.54, 1.807) is 36.4 Å². The Labute approximate surface area is 150 Å². The molecule has 0 fully saturated rings. The molecule has 9 nitrogen and oxygen atoms in total. The van der Waals surface area contributed by atoms with Crippen molar-refractivity contribution in [1.82, 2.24) is 5.43 Å². The van der Waals surface area contributed by atoms with Crippen LogP contribution in [0.15, 0.2) is 59.7 Å². The number of nitrogens with one attached hydrogen (secondary N) is 1. The highest BCUT2D eigenvalue weighted by Gasteiger charge is 2.20. The maximum absolute atomic E-state index is 12.0. The Bertz CT molecular complexity index is 929. The zero-order valence-corrected chi connectivity index (χ0v) is 14.6. The summed E-state index contributed by atoms with van der Waals surface area (Å²) in [5, 5.41) is 14.6. The lowest BCUT2D eigenvalue weighted by molar-refractivity contribution is -0.385. The van der Waals surface area contributed by atoms with Gasteiger partial charge in [-0.1, -0.05) is 30.3 Å². The summed E-state index contributed by atoms with van der Waals surface area (Å²) in [5.41, 5.74) is 2.56. The predicted molar refractivity (Wildman–Crippen MR) is 97.5 cm³/mol. The van der Waals surface area contributed by atoms with Gasteiger partial charge in [0, 0.05) is 6.07 Å². The van der Waals surface area contributed by atoms with E-state index in [9.17, 15) is 23.3 Å². The number of para-hydroxylation sites is 2. The van der Waals surface area contributed by atoms with Gasteiger partial charge in [-0.05, 0) is 18.2 Å². The van der Waals surface area contributed by atoms with E-state index in [2.05, 4.69) is 10.5 Å². The molecule has 0 bridgehead atoms. The summed E-state index contributed by atoms with van der Waals surface area (Å²) >= 11 is 0. The molecule has 0 unspecified atom stereocenters. The molecule has 2 aromatic carbocycles. The number of carbonyl (C=O) groups excluding carboxylic acids is 1. The molecule has 10 heteroatoms. The summed E-state index contributed by atoms with van der Waals surface area (Å²) in [5.74, 6) is -0.686. The number of nitrogens with zero attached hydrogens (tertiary/aromatic N) is 3. The van der Waals surface area contributed by atoms with E-state index in [4.69, 9.17) is 0 Å². The van der Waals surface area contributed by atoms with Crippen LogP contribution in [0, 0.1) is 10.1 Å². The van der Waals surface area contributed by atoms with Crippen molar-refractivity contribution < 1.29 is 18.1 Å². The van der Waals surface area contributed by atoms with Gasteiger partial charge in [-0.2, -0.15) is 5.10 Å². The van der Waals surface area contributed by atoms with Gasteiger partial charge in [-0.25, -0.2) is 13.8 Å². The molecule has 0 heterocycles. The number of carbonyl (C=O) groups is 1. The van der Waals surface area contributed by atoms with Gasteiger partial charge in [0.25, 0.3) is 11.6 Å². The van der Waals surface area contributed by atoms with Crippen LogP contribution in [0.5, 0.6) is 0 Å². The monoisotopic (exact) mass is 376 g/mol. The standard InChI is InChI=1S/C16H16N4O5S/c1-26(24,25)19(14-8-3-2-4-9-14)12-16(21)18-17-11-13-7-5-6-10-15(13)20(22)23/h2-11H,12H2,1H3,(H,18,21). The molecule has 0 aromatic heterocycles. The maximum atomic E-state index is 12.0. The molecular formula is C16H16N4O5S. The Balaban J connectivity index is 2.09. The minimum absolute atomic E-state index is 0.160. The second kappa shape index (κ2) is 8.21. The first-order valence-electron chi connectivity index (χ1n) is 7.37. The third kappa shape index (κ3) is 5.11. The third-order valence-electron chi connectivity index (χ3n) is 3.26. The fourth-order valence-corrected chi connectivity index (χ4v) is 2.95. The van der Waals surface area contributed by atoms with Gasteiger partial charge < -0.3 is 0 Å². The van der Waals surface area contributed by atoms with Crippen LogP contribution < -0.4 is 9.73 Å².